The molecule has 0 saturated carbocycles. The van der Waals surface area contributed by atoms with E-state index in [4.69, 9.17) is 4.52 Å². The van der Waals surface area contributed by atoms with Crippen LogP contribution in [0.2, 0.25) is 0 Å². The second-order valence-electron chi connectivity index (χ2n) is 7.43. The van der Waals surface area contributed by atoms with Crippen molar-refractivity contribution in [3.8, 4) is 11.4 Å². The summed E-state index contributed by atoms with van der Waals surface area (Å²) in [5, 5.41) is 3.96. The van der Waals surface area contributed by atoms with Crippen molar-refractivity contribution in [3.05, 3.63) is 65.6 Å². The average molecular weight is 409 g/mol. The number of nitrogens with zero attached hydrogens (tertiary/aromatic N) is 5. The second-order valence-corrected chi connectivity index (χ2v) is 7.43. The number of piperazine rings is 1. The molecule has 1 aromatic carbocycles. The number of carbonyl (C=O) groups is 1. The largest absolute Gasteiger partial charge is 0.339 e. The molecule has 0 N–H and O–H groups in total. The van der Waals surface area contributed by atoms with E-state index in [1.54, 1.807) is 37.4 Å². The third-order valence-electron chi connectivity index (χ3n) is 5.31. The topological polar surface area (TPSA) is 75.4 Å². The lowest BCUT2D eigenvalue weighted by Crippen LogP contribution is -2.49. The molecule has 1 aliphatic heterocycles. The molecule has 0 spiro atoms. The van der Waals surface area contributed by atoms with Gasteiger partial charge in [-0.3, -0.25) is 14.7 Å². The summed E-state index contributed by atoms with van der Waals surface area (Å²) >= 11 is 0. The van der Waals surface area contributed by atoms with Gasteiger partial charge in [0.1, 0.15) is 11.5 Å². The first-order valence-electron chi connectivity index (χ1n) is 10.1. The van der Waals surface area contributed by atoms with Crippen LogP contribution < -0.4 is 0 Å². The van der Waals surface area contributed by atoms with Crippen LogP contribution in [-0.4, -0.2) is 63.6 Å². The molecule has 0 unspecified atom stereocenters. The maximum atomic E-state index is 13.7. The number of aryl methyl sites for hydroxylation is 2. The maximum absolute atomic E-state index is 13.7. The van der Waals surface area contributed by atoms with Crippen molar-refractivity contribution >= 4 is 5.91 Å². The van der Waals surface area contributed by atoms with Crippen molar-refractivity contribution in [1.82, 2.24) is 24.9 Å². The van der Waals surface area contributed by atoms with Crippen LogP contribution in [0, 0.1) is 12.7 Å². The lowest BCUT2D eigenvalue weighted by molar-refractivity contribution is 0.0630. The number of pyridine rings is 1. The van der Waals surface area contributed by atoms with Crippen LogP contribution in [0.3, 0.4) is 0 Å². The minimum absolute atomic E-state index is 0.0128. The van der Waals surface area contributed by atoms with Crippen LogP contribution in [-0.2, 0) is 6.42 Å². The smallest absolute Gasteiger partial charge is 0.272 e. The molecule has 0 aliphatic carbocycles. The van der Waals surface area contributed by atoms with Gasteiger partial charge in [0, 0.05) is 44.4 Å². The number of aromatic nitrogens is 3. The van der Waals surface area contributed by atoms with E-state index < -0.39 is 0 Å². The molecule has 156 valence electrons. The van der Waals surface area contributed by atoms with Crippen LogP contribution in [0.4, 0.5) is 4.39 Å². The zero-order valence-corrected chi connectivity index (χ0v) is 16.9. The Morgan fingerprint density at radius 1 is 1.17 bits per heavy atom. The lowest BCUT2D eigenvalue weighted by atomic mass is 10.1. The van der Waals surface area contributed by atoms with Gasteiger partial charge in [0.2, 0.25) is 11.7 Å². The molecule has 0 atom stereocenters. The van der Waals surface area contributed by atoms with Gasteiger partial charge in [0.05, 0.1) is 0 Å². The highest BCUT2D eigenvalue weighted by Crippen LogP contribution is 2.19. The SMILES string of the molecule is Cc1ccc(-c2noc(CCCN3CCN(C(=O)c4ccccn4)CC3)n2)cc1F. The van der Waals surface area contributed by atoms with Crippen LogP contribution >= 0.6 is 0 Å². The molecule has 8 heteroatoms. The zero-order chi connectivity index (χ0) is 20.9. The Hall–Kier alpha value is -3.13. The van der Waals surface area contributed by atoms with Gasteiger partial charge in [-0.15, -0.1) is 0 Å². The van der Waals surface area contributed by atoms with Gasteiger partial charge < -0.3 is 9.42 Å². The van der Waals surface area contributed by atoms with Crippen molar-refractivity contribution in [2.24, 2.45) is 0 Å². The van der Waals surface area contributed by atoms with Crippen LogP contribution in [0.5, 0.6) is 0 Å². The van der Waals surface area contributed by atoms with Gasteiger partial charge in [0.15, 0.2) is 0 Å². The number of carbonyl (C=O) groups excluding carboxylic acids is 1. The normalized spacial score (nSPS) is 14.8. The van der Waals surface area contributed by atoms with Gasteiger partial charge in [-0.05, 0) is 43.7 Å². The quantitative estimate of drug-likeness (QED) is 0.623. The highest BCUT2D eigenvalue weighted by molar-refractivity contribution is 5.92. The Labute approximate surface area is 174 Å². The molecule has 4 rings (SSSR count). The fourth-order valence-electron chi connectivity index (χ4n) is 3.49. The van der Waals surface area contributed by atoms with Gasteiger partial charge >= 0.3 is 0 Å². The summed E-state index contributed by atoms with van der Waals surface area (Å²) in [6.45, 7) is 5.66. The van der Waals surface area contributed by atoms with E-state index in [0.717, 1.165) is 26.1 Å². The third kappa shape index (κ3) is 4.71. The van der Waals surface area contributed by atoms with E-state index in [1.807, 2.05) is 11.0 Å². The van der Waals surface area contributed by atoms with E-state index in [-0.39, 0.29) is 11.7 Å². The molecule has 7 nitrogen and oxygen atoms in total. The molecule has 1 amide bonds. The summed E-state index contributed by atoms with van der Waals surface area (Å²) < 4.78 is 19.0. The Balaban J connectivity index is 1.23. The predicted octanol–water partition coefficient (Wildman–Crippen LogP) is 2.97. The summed E-state index contributed by atoms with van der Waals surface area (Å²) in [6.07, 6.45) is 3.17. The number of hydrogen-bond donors (Lipinski definition) is 0. The monoisotopic (exact) mass is 409 g/mol. The molecule has 1 saturated heterocycles. The van der Waals surface area contributed by atoms with Crippen molar-refractivity contribution in [1.29, 1.82) is 0 Å². The van der Waals surface area contributed by atoms with E-state index in [0.29, 0.717) is 48.0 Å². The average Bonchev–Trinajstić information content (AvgIpc) is 3.25. The van der Waals surface area contributed by atoms with Crippen LogP contribution in [0.15, 0.2) is 47.1 Å². The molecule has 2 aromatic heterocycles. The lowest BCUT2D eigenvalue weighted by Gasteiger charge is -2.34. The summed E-state index contributed by atoms with van der Waals surface area (Å²) in [5.41, 5.74) is 1.69. The van der Waals surface area contributed by atoms with E-state index >= 15 is 0 Å². The Bertz CT molecular complexity index is 1000. The third-order valence-corrected chi connectivity index (χ3v) is 5.31. The van der Waals surface area contributed by atoms with E-state index in [2.05, 4.69) is 20.0 Å². The molecule has 0 bridgehead atoms. The molecule has 30 heavy (non-hydrogen) atoms. The number of rotatable bonds is 6. The zero-order valence-electron chi connectivity index (χ0n) is 16.9. The molecule has 1 fully saturated rings. The molecule has 0 radical (unpaired) electrons. The van der Waals surface area contributed by atoms with Crippen molar-refractivity contribution in [3.63, 3.8) is 0 Å². The minimum Gasteiger partial charge on any atom is -0.339 e. The number of benzene rings is 1. The first kappa shape index (κ1) is 20.2. The highest BCUT2D eigenvalue weighted by Gasteiger charge is 2.22. The van der Waals surface area contributed by atoms with Gasteiger partial charge in [-0.2, -0.15) is 4.98 Å². The van der Waals surface area contributed by atoms with E-state index in [9.17, 15) is 9.18 Å². The minimum atomic E-state index is -0.278. The van der Waals surface area contributed by atoms with Crippen molar-refractivity contribution in [2.45, 2.75) is 19.8 Å². The number of amides is 1. The second kappa shape index (κ2) is 9.13. The van der Waals surface area contributed by atoms with Gasteiger partial charge in [-0.25, -0.2) is 4.39 Å². The summed E-state index contributed by atoms with van der Waals surface area (Å²) in [7, 11) is 0. The summed E-state index contributed by atoms with van der Waals surface area (Å²) in [5.74, 6) is 0.668. The number of hydrogen-bond acceptors (Lipinski definition) is 6. The molecular formula is C22H24FN5O2. The fraction of sp³-hybridized carbons (Fsp3) is 0.364. The molecular weight excluding hydrogens is 385 g/mol. The standard InChI is InChI=1S/C22H24FN5O2/c1-16-7-8-17(15-18(16)23)21-25-20(30-26-21)6-4-10-27-11-13-28(14-12-27)22(29)19-5-2-3-9-24-19/h2-3,5,7-9,15H,4,6,10-14H2,1H3. The van der Waals surface area contributed by atoms with Crippen LogP contribution in [0.1, 0.15) is 28.4 Å². The Kier molecular flexibility index (Phi) is 6.13. The first-order chi connectivity index (χ1) is 14.6. The van der Waals surface area contributed by atoms with E-state index in [1.165, 1.54) is 6.07 Å². The predicted molar refractivity (Wildman–Crippen MR) is 109 cm³/mol. The van der Waals surface area contributed by atoms with Gasteiger partial charge in [-0.1, -0.05) is 23.4 Å². The molecule has 3 heterocycles. The fourth-order valence-corrected chi connectivity index (χ4v) is 3.49. The number of halogens is 1. The van der Waals surface area contributed by atoms with Crippen molar-refractivity contribution < 1.29 is 13.7 Å². The molecule has 1 aliphatic rings. The first-order valence-corrected chi connectivity index (χ1v) is 10.1. The Morgan fingerprint density at radius 3 is 2.73 bits per heavy atom. The summed E-state index contributed by atoms with van der Waals surface area (Å²) in [6, 6.07) is 10.3. The summed E-state index contributed by atoms with van der Waals surface area (Å²) in [4.78, 5) is 25.2. The highest BCUT2D eigenvalue weighted by atomic mass is 19.1. The Morgan fingerprint density at radius 2 is 2.00 bits per heavy atom. The maximum Gasteiger partial charge on any atom is 0.272 e. The molecule has 3 aromatic rings. The van der Waals surface area contributed by atoms with Gasteiger partial charge in [0.25, 0.3) is 5.91 Å². The van der Waals surface area contributed by atoms with Crippen LogP contribution in [0.25, 0.3) is 11.4 Å². The van der Waals surface area contributed by atoms with Crippen molar-refractivity contribution in [2.75, 3.05) is 32.7 Å².